The Kier molecular flexibility index (Phi) is 8.43. The van der Waals surface area contributed by atoms with Gasteiger partial charge in [0.15, 0.2) is 0 Å². The standard InChI is InChI=1S/C30H37N3O2/c1-4-5-20-35-28-16-12-25(13-17-28)30(34)31-21-29(24-10-14-27(15-11-24)32(2)3)33-19-18-23-8-6-7-9-26(23)22-33/h6-17,29H,4-5,18-22H2,1-3H3,(H,31,34). The first-order valence-corrected chi connectivity index (χ1v) is 12.6. The number of nitrogens with one attached hydrogen (secondary N) is 1. The summed E-state index contributed by atoms with van der Waals surface area (Å²) in [6.07, 6.45) is 3.15. The van der Waals surface area contributed by atoms with Crippen molar-refractivity contribution in [3.05, 3.63) is 95.1 Å². The Bertz CT molecular complexity index is 1090. The third-order valence-electron chi connectivity index (χ3n) is 6.73. The third kappa shape index (κ3) is 6.43. The molecule has 184 valence electrons. The summed E-state index contributed by atoms with van der Waals surface area (Å²) in [5, 5.41) is 3.20. The second kappa shape index (κ2) is 11.9. The number of rotatable bonds is 10. The van der Waals surface area contributed by atoms with E-state index in [1.807, 2.05) is 24.3 Å². The van der Waals surface area contributed by atoms with Crippen LogP contribution in [0.1, 0.15) is 52.9 Å². The Morgan fingerprint density at radius 1 is 1.00 bits per heavy atom. The fourth-order valence-corrected chi connectivity index (χ4v) is 4.56. The molecule has 0 fully saturated rings. The lowest BCUT2D eigenvalue weighted by Crippen LogP contribution is -2.40. The van der Waals surface area contributed by atoms with Gasteiger partial charge in [-0.05, 0) is 65.9 Å². The number of hydrogen-bond donors (Lipinski definition) is 1. The van der Waals surface area contributed by atoms with Gasteiger partial charge in [-0.3, -0.25) is 9.69 Å². The van der Waals surface area contributed by atoms with Crippen molar-refractivity contribution in [2.75, 3.05) is 38.7 Å². The number of carbonyl (C=O) groups is 1. The second-order valence-corrected chi connectivity index (χ2v) is 9.43. The molecule has 1 amide bonds. The maximum atomic E-state index is 13.0. The number of unbranched alkanes of at least 4 members (excludes halogenated alkanes) is 1. The van der Waals surface area contributed by atoms with Crippen molar-refractivity contribution in [3.8, 4) is 5.75 Å². The number of fused-ring (bicyclic) bond motifs is 1. The molecule has 1 aliphatic rings. The summed E-state index contributed by atoms with van der Waals surface area (Å²) in [7, 11) is 4.10. The van der Waals surface area contributed by atoms with Crippen molar-refractivity contribution >= 4 is 11.6 Å². The van der Waals surface area contributed by atoms with Crippen LogP contribution in [-0.4, -0.2) is 44.6 Å². The van der Waals surface area contributed by atoms with Crippen LogP contribution < -0.4 is 15.0 Å². The number of hydrogen-bond acceptors (Lipinski definition) is 4. The van der Waals surface area contributed by atoms with Gasteiger partial charge < -0.3 is 15.0 Å². The number of benzene rings is 3. The van der Waals surface area contributed by atoms with E-state index in [4.69, 9.17) is 4.74 Å². The van der Waals surface area contributed by atoms with Crippen molar-refractivity contribution in [2.24, 2.45) is 0 Å². The summed E-state index contributed by atoms with van der Waals surface area (Å²) in [4.78, 5) is 17.6. The lowest BCUT2D eigenvalue weighted by atomic mass is 9.96. The summed E-state index contributed by atoms with van der Waals surface area (Å²) >= 11 is 0. The monoisotopic (exact) mass is 471 g/mol. The van der Waals surface area contributed by atoms with Gasteiger partial charge >= 0.3 is 0 Å². The normalized spacial score (nSPS) is 14.1. The van der Waals surface area contributed by atoms with Gasteiger partial charge in [0.05, 0.1) is 12.6 Å². The van der Waals surface area contributed by atoms with Gasteiger partial charge in [0.25, 0.3) is 5.91 Å². The number of nitrogens with zero attached hydrogens (tertiary/aromatic N) is 2. The van der Waals surface area contributed by atoms with Crippen LogP contribution in [0, 0.1) is 0 Å². The minimum Gasteiger partial charge on any atom is -0.494 e. The molecule has 1 aliphatic heterocycles. The SMILES string of the molecule is CCCCOc1ccc(C(=O)NCC(c2ccc(N(C)C)cc2)N2CCc3ccccc3C2)cc1. The molecule has 1 N–H and O–H groups in total. The molecular formula is C30H37N3O2. The number of ether oxygens (including phenoxy) is 1. The van der Waals surface area contributed by atoms with Crippen molar-refractivity contribution in [1.82, 2.24) is 10.2 Å². The number of anilines is 1. The van der Waals surface area contributed by atoms with Crippen LogP contribution in [0.4, 0.5) is 5.69 Å². The Balaban J connectivity index is 1.47. The molecule has 5 nitrogen and oxygen atoms in total. The van der Waals surface area contributed by atoms with E-state index in [0.717, 1.165) is 38.1 Å². The van der Waals surface area contributed by atoms with Gasteiger partial charge in [-0.15, -0.1) is 0 Å². The highest BCUT2D eigenvalue weighted by Crippen LogP contribution is 2.29. The molecule has 0 bridgehead atoms. The number of carbonyl (C=O) groups excluding carboxylic acids is 1. The van der Waals surface area contributed by atoms with Crippen molar-refractivity contribution in [2.45, 2.75) is 38.8 Å². The lowest BCUT2D eigenvalue weighted by Gasteiger charge is -2.36. The van der Waals surface area contributed by atoms with Gasteiger partial charge in [-0.25, -0.2) is 0 Å². The molecule has 0 spiro atoms. The van der Waals surface area contributed by atoms with E-state index in [2.05, 4.69) is 84.7 Å². The van der Waals surface area contributed by atoms with E-state index in [1.165, 1.54) is 22.4 Å². The Morgan fingerprint density at radius 3 is 2.40 bits per heavy atom. The molecule has 1 heterocycles. The molecule has 0 aromatic heterocycles. The zero-order chi connectivity index (χ0) is 24.6. The number of amides is 1. The van der Waals surface area contributed by atoms with Crippen LogP contribution in [0.3, 0.4) is 0 Å². The van der Waals surface area contributed by atoms with Crippen molar-refractivity contribution in [1.29, 1.82) is 0 Å². The molecule has 0 radical (unpaired) electrons. The van der Waals surface area contributed by atoms with Crippen molar-refractivity contribution < 1.29 is 9.53 Å². The summed E-state index contributed by atoms with van der Waals surface area (Å²) in [6, 6.07) is 24.9. The summed E-state index contributed by atoms with van der Waals surface area (Å²) < 4.78 is 5.73. The van der Waals surface area contributed by atoms with Crippen LogP contribution in [-0.2, 0) is 13.0 Å². The van der Waals surface area contributed by atoms with Crippen LogP contribution in [0.15, 0.2) is 72.8 Å². The first-order chi connectivity index (χ1) is 17.0. The molecule has 0 saturated carbocycles. The van der Waals surface area contributed by atoms with Crippen LogP contribution in [0.5, 0.6) is 5.75 Å². The Hall–Kier alpha value is -3.31. The summed E-state index contributed by atoms with van der Waals surface area (Å²) in [5.74, 6) is 0.748. The van der Waals surface area contributed by atoms with E-state index in [1.54, 1.807) is 0 Å². The lowest BCUT2D eigenvalue weighted by molar-refractivity contribution is 0.0927. The second-order valence-electron chi connectivity index (χ2n) is 9.43. The van der Waals surface area contributed by atoms with Gasteiger partial charge in [0.2, 0.25) is 0 Å². The fraction of sp³-hybridized carbons (Fsp3) is 0.367. The molecule has 3 aromatic carbocycles. The summed E-state index contributed by atoms with van der Waals surface area (Å²) in [6.45, 7) is 5.25. The highest BCUT2D eigenvalue weighted by atomic mass is 16.5. The maximum absolute atomic E-state index is 13.0. The van der Waals surface area contributed by atoms with Gasteiger partial charge in [-0.2, -0.15) is 0 Å². The minimum absolute atomic E-state index is 0.0579. The zero-order valence-corrected chi connectivity index (χ0v) is 21.2. The largest absolute Gasteiger partial charge is 0.494 e. The average molecular weight is 472 g/mol. The molecule has 1 unspecified atom stereocenters. The van der Waals surface area contributed by atoms with Gasteiger partial charge in [-0.1, -0.05) is 49.7 Å². The van der Waals surface area contributed by atoms with Crippen molar-refractivity contribution in [3.63, 3.8) is 0 Å². The predicted molar refractivity (Wildman–Crippen MR) is 143 cm³/mol. The molecule has 1 atom stereocenters. The van der Waals surface area contributed by atoms with Crippen LogP contribution in [0.2, 0.25) is 0 Å². The van der Waals surface area contributed by atoms with E-state index in [9.17, 15) is 4.79 Å². The van der Waals surface area contributed by atoms with E-state index < -0.39 is 0 Å². The quantitative estimate of drug-likeness (QED) is 0.399. The summed E-state index contributed by atoms with van der Waals surface area (Å²) in [5.41, 5.74) is 5.84. The fourth-order valence-electron chi connectivity index (χ4n) is 4.56. The first-order valence-electron chi connectivity index (χ1n) is 12.6. The van der Waals surface area contributed by atoms with Crippen LogP contribution in [0.25, 0.3) is 0 Å². The molecule has 4 rings (SSSR count). The predicted octanol–water partition coefficient (Wildman–Crippen LogP) is 5.46. The third-order valence-corrected chi connectivity index (χ3v) is 6.73. The maximum Gasteiger partial charge on any atom is 0.251 e. The topological polar surface area (TPSA) is 44.8 Å². The van der Waals surface area contributed by atoms with Crippen LogP contribution >= 0.6 is 0 Å². The molecule has 5 heteroatoms. The first kappa shape index (κ1) is 24.8. The highest BCUT2D eigenvalue weighted by Gasteiger charge is 2.25. The van der Waals surface area contributed by atoms with E-state index >= 15 is 0 Å². The van der Waals surface area contributed by atoms with Gasteiger partial charge in [0, 0.05) is 45.0 Å². The zero-order valence-electron chi connectivity index (χ0n) is 21.2. The molecule has 0 saturated heterocycles. The average Bonchev–Trinajstić information content (AvgIpc) is 2.89. The molecular weight excluding hydrogens is 434 g/mol. The molecule has 3 aromatic rings. The smallest absolute Gasteiger partial charge is 0.251 e. The Labute approximate surface area is 209 Å². The Morgan fingerprint density at radius 2 is 1.71 bits per heavy atom. The van der Waals surface area contributed by atoms with E-state index in [-0.39, 0.29) is 11.9 Å². The van der Waals surface area contributed by atoms with E-state index in [0.29, 0.717) is 18.7 Å². The van der Waals surface area contributed by atoms with Gasteiger partial charge in [0.1, 0.15) is 5.75 Å². The molecule has 0 aliphatic carbocycles. The molecule has 35 heavy (non-hydrogen) atoms. The minimum atomic E-state index is -0.0579. The highest BCUT2D eigenvalue weighted by molar-refractivity contribution is 5.94.